The van der Waals surface area contributed by atoms with Gasteiger partial charge in [-0.25, -0.2) is 0 Å². The molecule has 30 heavy (non-hydrogen) atoms. The van der Waals surface area contributed by atoms with Crippen molar-refractivity contribution in [2.45, 2.75) is 65.8 Å². The number of fused-ring (bicyclic) bond motifs is 1. The zero-order valence-corrected chi connectivity index (χ0v) is 18.3. The summed E-state index contributed by atoms with van der Waals surface area (Å²) in [5.41, 5.74) is 3.34. The minimum absolute atomic E-state index is 0.234. The van der Waals surface area contributed by atoms with Gasteiger partial charge in [0.1, 0.15) is 23.8 Å². The van der Waals surface area contributed by atoms with E-state index in [1.807, 2.05) is 19.1 Å². The fraction of sp³-hybridized carbons (Fsp3) is 0.542. The first kappa shape index (κ1) is 20.9. The van der Waals surface area contributed by atoms with Gasteiger partial charge in [-0.05, 0) is 62.4 Å². The lowest BCUT2D eigenvalue weighted by atomic mass is 10.1. The van der Waals surface area contributed by atoms with Gasteiger partial charge in [0, 0.05) is 42.3 Å². The summed E-state index contributed by atoms with van der Waals surface area (Å²) in [6.07, 6.45) is 5.68. The first-order valence-electron chi connectivity index (χ1n) is 11.0. The highest BCUT2D eigenvalue weighted by atomic mass is 16.5. The van der Waals surface area contributed by atoms with Crippen LogP contribution in [0.2, 0.25) is 0 Å². The lowest BCUT2D eigenvalue weighted by molar-refractivity contribution is 0.154. The number of benzene rings is 1. The predicted molar refractivity (Wildman–Crippen MR) is 117 cm³/mol. The highest BCUT2D eigenvalue weighted by molar-refractivity contribution is 5.85. The van der Waals surface area contributed by atoms with Crippen molar-refractivity contribution in [1.82, 2.24) is 14.6 Å². The molecule has 0 bridgehead atoms. The van der Waals surface area contributed by atoms with Crippen LogP contribution in [0.5, 0.6) is 5.75 Å². The van der Waals surface area contributed by atoms with E-state index in [4.69, 9.17) is 9.26 Å². The van der Waals surface area contributed by atoms with E-state index in [9.17, 15) is 5.11 Å². The van der Waals surface area contributed by atoms with Crippen LogP contribution in [0.1, 0.15) is 50.1 Å². The molecule has 1 N–H and O–H groups in total. The molecule has 162 valence electrons. The molecule has 2 aromatic heterocycles. The van der Waals surface area contributed by atoms with Crippen molar-refractivity contribution in [3.63, 3.8) is 0 Å². The van der Waals surface area contributed by atoms with Crippen molar-refractivity contribution >= 4 is 10.9 Å². The van der Waals surface area contributed by atoms with E-state index in [0.29, 0.717) is 12.5 Å². The van der Waals surface area contributed by atoms with Crippen molar-refractivity contribution in [3.05, 3.63) is 47.5 Å². The highest BCUT2D eigenvalue weighted by Gasteiger charge is 2.25. The van der Waals surface area contributed by atoms with Crippen molar-refractivity contribution in [3.8, 4) is 5.75 Å². The maximum absolute atomic E-state index is 9.72. The Bertz CT molecular complexity index is 975. The fourth-order valence-electron chi connectivity index (χ4n) is 4.32. The second kappa shape index (κ2) is 9.23. The Labute approximate surface area is 178 Å². The second-order valence-electron chi connectivity index (χ2n) is 8.88. The average molecular weight is 412 g/mol. The number of aryl methyl sites for hydroxylation is 2. The quantitative estimate of drug-likeness (QED) is 0.561. The zero-order chi connectivity index (χ0) is 21.1. The van der Waals surface area contributed by atoms with Gasteiger partial charge in [0.05, 0.1) is 6.61 Å². The van der Waals surface area contributed by atoms with Gasteiger partial charge in [-0.2, -0.15) is 0 Å². The third kappa shape index (κ3) is 4.71. The largest absolute Gasteiger partial charge is 0.487 e. The Kier molecular flexibility index (Phi) is 6.44. The smallest absolute Gasteiger partial charge is 0.134 e. The lowest BCUT2D eigenvalue weighted by Crippen LogP contribution is -2.31. The van der Waals surface area contributed by atoms with E-state index in [1.165, 1.54) is 16.5 Å². The van der Waals surface area contributed by atoms with E-state index in [1.54, 1.807) is 0 Å². The molecule has 6 nitrogen and oxygen atoms in total. The summed E-state index contributed by atoms with van der Waals surface area (Å²) in [5.74, 6) is 2.29. The van der Waals surface area contributed by atoms with Crippen molar-refractivity contribution in [2.75, 3.05) is 13.2 Å². The number of nitrogens with zero attached hydrogens (tertiary/aromatic N) is 3. The van der Waals surface area contributed by atoms with Crippen LogP contribution in [0.15, 0.2) is 35.0 Å². The van der Waals surface area contributed by atoms with E-state index in [2.05, 4.69) is 46.8 Å². The first-order valence-corrected chi connectivity index (χ1v) is 11.0. The van der Waals surface area contributed by atoms with Crippen LogP contribution in [0.25, 0.3) is 10.9 Å². The molecule has 0 amide bonds. The molecule has 1 aliphatic heterocycles. The summed E-state index contributed by atoms with van der Waals surface area (Å²) < 4.78 is 13.5. The lowest BCUT2D eigenvalue weighted by Gasteiger charge is -2.22. The van der Waals surface area contributed by atoms with E-state index < -0.39 is 0 Å². The molecule has 6 heteroatoms. The monoisotopic (exact) mass is 411 g/mol. The van der Waals surface area contributed by atoms with Crippen molar-refractivity contribution < 1.29 is 14.4 Å². The molecular weight excluding hydrogens is 378 g/mol. The molecule has 4 rings (SSSR count). The van der Waals surface area contributed by atoms with Gasteiger partial charge in [-0.15, -0.1) is 0 Å². The zero-order valence-electron chi connectivity index (χ0n) is 18.3. The van der Waals surface area contributed by atoms with Gasteiger partial charge in [0.2, 0.25) is 0 Å². The molecule has 1 fully saturated rings. The van der Waals surface area contributed by atoms with E-state index in [0.717, 1.165) is 56.1 Å². The number of aliphatic hydroxyl groups is 1. The molecule has 1 atom stereocenters. The maximum atomic E-state index is 9.72. The average Bonchev–Trinajstić information content (AvgIpc) is 3.44. The van der Waals surface area contributed by atoms with E-state index >= 15 is 0 Å². The molecule has 3 heterocycles. The van der Waals surface area contributed by atoms with Gasteiger partial charge in [0.25, 0.3) is 0 Å². The Morgan fingerprint density at radius 1 is 1.30 bits per heavy atom. The Morgan fingerprint density at radius 3 is 2.90 bits per heavy atom. The molecule has 3 aromatic rings. The molecule has 0 spiro atoms. The van der Waals surface area contributed by atoms with Crippen LogP contribution in [0, 0.1) is 12.8 Å². The normalized spacial score (nSPS) is 17.4. The number of hydrogen-bond donors (Lipinski definition) is 1. The van der Waals surface area contributed by atoms with Crippen molar-refractivity contribution in [1.29, 1.82) is 0 Å². The number of rotatable bonds is 9. The van der Waals surface area contributed by atoms with Crippen LogP contribution in [0.4, 0.5) is 0 Å². The summed E-state index contributed by atoms with van der Waals surface area (Å²) >= 11 is 0. The minimum Gasteiger partial charge on any atom is -0.487 e. The molecule has 0 unspecified atom stereocenters. The standard InChI is InChI=1S/C24H33N3O3/c1-17(2)8-10-27-14-19(13-26-9-4-5-21(26)15-28)23-12-22(6-7-24(23)27)29-16-20-11-18(3)30-25-20/h6-7,11-12,14,17,21,28H,4-5,8-10,13,15-16H2,1-3H3/t21-/m0/s1. The van der Waals surface area contributed by atoms with Gasteiger partial charge in [-0.1, -0.05) is 19.0 Å². The predicted octanol–water partition coefficient (Wildman–Crippen LogP) is 4.52. The number of likely N-dealkylation sites (tertiary alicyclic amines) is 1. The molecule has 1 aromatic carbocycles. The minimum atomic E-state index is 0.234. The maximum Gasteiger partial charge on any atom is 0.134 e. The van der Waals surface area contributed by atoms with Crippen LogP contribution in [0.3, 0.4) is 0 Å². The first-order chi connectivity index (χ1) is 14.5. The van der Waals surface area contributed by atoms with Gasteiger partial charge < -0.3 is 18.9 Å². The van der Waals surface area contributed by atoms with Crippen LogP contribution in [-0.2, 0) is 19.7 Å². The molecule has 1 aliphatic rings. The summed E-state index contributed by atoms with van der Waals surface area (Å²) in [4.78, 5) is 2.41. The van der Waals surface area contributed by atoms with Crippen molar-refractivity contribution in [2.24, 2.45) is 5.92 Å². The molecular formula is C24H33N3O3. The van der Waals surface area contributed by atoms with Crippen LogP contribution in [-0.4, -0.2) is 38.9 Å². The van der Waals surface area contributed by atoms with Crippen LogP contribution >= 0.6 is 0 Å². The summed E-state index contributed by atoms with van der Waals surface area (Å²) in [6, 6.07) is 8.52. The number of hydrogen-bond acceptors (Lipinski definition) is 5. The Balaban J connectivity index is 1.59. The second-order valence-corrected chi connectivity index (χ2v) is 8.88. The fourth-order valence-corrected chi connectivity index (χ4v) is 4.32. The highest BCUT2D eigenvalue weighted by Crippen LogP contribution is 2.30. The van der Waals surface area contributed by atoms with Gasteiger partial charge in [0.15, 0.2) is 0 Å². The third-order valence-corrected chi connectivity index (χ3v) is 6.03. The van der Waals surface area contributed by atoms with Crippen LogP contribution < -0.4 is 4.74 Å². The molecule has 0 radical (unpaired) electrons. The Hall–Kier alpha value is -2.31. The van der Waals surface area contributed by atoms with Gasteiger partial charge in [-0.3, -0.25) is 4.90 Å². The topological polar surface area (TPSA) is 63.7 Å². The molecule has 0 aliphatic carbocycles. The number of aromatic nitrogens is 2. The number of aliphatic hydroxyl groups excluding tert-OH is 1. The van der Waals surface area contributed by atoms with Gasteiger partial charge >= 0.3 is 0 Å². The third-order valence-electron chi connectivity index (χ3n) is 6.03. The summed E-state index contributed by atoms with van der Waals surface area (Å²) in [7, 11) is 0. The molecule has 1 saturated heterocycles. The molecule has 0 saturated carbocycles. The van der Waals surface area contributed by atoms with E-state index in [-0.39, 0.29) is 12.6 Å². The number of ether oxygens (including phenoxy) is 1. The summed E-state index contributed by atoms with van der Waals surface area (Å²) in [6.45, 7) is 9.96. The SMILES string of the molecule is Cc1cc(COc2ccc3c(c2)c(CN2CCC[C@H]2CO)cn3CCC(C)C)no1. The summed E-state index contributed by atoms with van der Waals surface area (Å²) in [5, 5.41) is 15.0. The Morgan fingerprint density at radius 2 is 2.17 bits per heavy atom.